The van der Waals surface area contributed by atoms with E-state index < -0.39 is 0 Å². The van der Waals surface area contributed by atoms with Crippen molar-refractivity contribution in [1.82, 2.24) is 0 Å². The van der Waals surface area contributed by atoms with Gasteiger partial charge in [-0.25, -0.2) is 0 Å². The molecule has 0 saturated carbocycles. The molecular formula is C12H15N. The van der Waals surface area contributed by atoms with Crippen LogP contribution in [0.3, 0.4) is 0 Å². The van der Waals surface area contributed by atoms with Gasteiger partial charge in [-0.3, -0.25) is 0 Å². The van der Waals surface area contributed by atoms with Crippen molar-refractivity contribution in [2.45, 2.75) is 32.6 Å². The summed E-state index contributed by atoms with van der Waals surface area (Å²) in [5.74, 6) is 0. The molecule has 0 radical (unpaired) electrons. The number of hydrogen-bond acceptors (Lipinski definition) is 1. The number of hydrogen-bond donors (Lipinski definition) is 0. The summed E-state index contributed by atoms with van der Waals surface area (Å²) in [4.78, 5) is 0. The zero-order valence-corrected chi connectivity index (χ0v) is 8.09. The first-order chi connectivity index (χ1) is 6.34. The first kappa shape index (κ1) is 9.80. The molecule has 0 atom stereocenters. The molecule has 13 heavy (non-hydrogen) atoms. The van der Waals surface area contributed by atoms with Crippen LogP contribution in [0.25, 0.3) is 0 Å². The maximum absolute atomic E-state index is 8.37. The normalized spacial score (nSPS) is 9.54. The monoisotopic (exact) mass is 173 g/mol. The highest BCUT2D eigenvalue weighted by Crippen LogP contribution is 2.10. The highest BCUT2D eigenvalue weighted by molar-refractivity contribution is 5.25. The Balaban J connectivity index is 2.37. The number of aryl methyl sites for hydroxylation is 2. The molecule has 0 aliphatic heterocycles. The molecule has 1 rings (SSSR count). The third-order valence-corrected chi connectivity index (χ3v) is 2.25. The van der Waals surface area contributed by atoms with Crippen LogP contribution in [0.1, 0.15) is 30.4 Å². The lowest BCUT2D eigenvalue weighted by Crippen LogP contribution is -1.88. The zero-order valence-electron chi connectivity index (χ0n) is 8.09. The lowest BCUT2D eigenvalue weighted by molar-refractivity contribution is 0.750. The summed E-state index contributed by atoms with van der Waals surface area (Å²) in [6.07, 6.45) is 3.93. The quantitative estimate of drug-likeness (QED) is 0.641. The van der Waals surface area contributed by atoms with Gasteiger partial charge < -0.3 is 0 Å². The Morgan fingerprint density at radius 1 is 1.23 bits per heavy atom. The van der Waals surface area contributed by atoms with Gasteiger partial charge in [0.2, 0.25) is 0 Å². The van der Waals surface area contributed by atoms with Gasteiger partial charge in [0.25, 0.3) is 0 Å². The maximum Gasteiger partial charge on any atom is 0.0621 e. The minimum Gasteiger partial charge on any atom is -0.198 e. The van der Waals surface area contributed by atoms with E-state index in [1.54, 1.807) is 0 Å². The summed E-state index contributed by atoms with van der Waals surface area (Å²) in [7, 11) is 0. The van der Waals surface area contributed by atoms with Crippen molar-refractivity contribution in [1.29, 1.82) is 5.26 Å². The van der Waals surface area contributed by atoms with E-state index in [4.69, 9.17) is 5.26 Å². The summed E-state index contributed by atoms with van der Waals surface area (Å²) < 4.78 is 0. The molecule has 0 heterocycles. The molecule has 0 aliphatic carbocycles. The average Bonchev–Trinajstić information content (AvgIpc) is 2.15. The molecule has 1 aromatic rings. The van der Waals surface area contributed by atoms with Gasteiger partial charge in [0.05, 0.1) is 6.07 Å². The Kier molecular flexibility index (Phi) is 4.05. The van der Waals surface area contributed by atoms with Crippen LogP contribution in [0.5, 0.6) is 0 Å². The molecule has 1 nitrogen and oxygen atoms in total. The minimum atomic E-state index is 0.686. The summed E-state index contributed by atoms with van der Waals surface area (Å²) >= 11 is 0. The third-order valence-electron chi connectivity index (χ3n) is 2.25. The number of unbranched alkanes of at least 4 members (excludes halogenated alkanes) is 2. The van der Waals surface area contributed by atoms with Crippen LogP contribution in [0, 0.1) is 18.3 Å². The average molecular weight is 173 g/mol. The molecule has 0 aromatic heterocycles. The van der Waals surface area contributed by atoms with Crippen molar-refractivity contribution in [3.8, 4) is 6.07 Å². The van der Waals surface area contributed by atoms with Gasteiger partial charge >= 0.3 is 0 Å². The van der Waals surface area contributed by atoms with Crippen LogP contribution in [-0.4, -0.2) is 0 Å². The SMILES string of the molecule is Cc1ccccc1CCCCC#N. The first-order valence-electron chi connectivity index (χ1n) is 4.76. The molecular weight excluding hydrogens is 158 g/mol. The largest absolute Gasteiger partial charge is 0.198 e. The van der Waals surface area contributed by atoms with E-state index in [2.05, 4.69) is 37.3 Å². The number of nitriles is 1. The molecule has 0 aliphatic rings. The Bertz CT molecular complexity index is 296. The van der Waals surface area contributed by atoms with Gasteiger partial charge in [0.15, 0.2) is 0 Å². The fourth-order valence-corrected chi connectivity index (χ4v) is 1.41. The van der Waals surface area contributed by atoms with Crippen LogP contribution in [0.2, 0.25) is 0 Å². The van der Waals surface area contributed by atoms with Gasteiger partial charge in [0.1, 0.15) is 0 Å². The number of rotatable bonds is 4. The van der Waals surface area contributed by atoms with Crippen molar-refractivity contribution < 1.29 is 0 Å². The van der Waals surface area contributed by atoms with Crippen LogP contribution < -0.4 is 0 Å². The minimum absolute atomic E-state index is 0.686. The van der Waals surface area contributed by atoms with E-state index >= 15 is 0 Å². The predicted octanol–water partition coefficient (Wildman–Crippen LogP) is 3.23. The molecule has 0 amide bonds. The van der Waals surface area contributed by atoms with Gasteiger partial charge in [-0.05, 0) is 37.3 Å². The van der Waals surface area contributed by atoms with Crippen LogP contribution >= 0.6 is 0 Å². The molecule has 0 unspecified atom stereocenters. The van der Waals surface area contributed by atoms with E-state index in [1.165, 1.54) is 11.1 Å². The van der Waals surface area contributed by atoms with E-state index in [0.717, 1.165) is 19.3 Å². The number of benzene rings is 1. The molecule has 1 aromatic carbocycles. The van der Waals surface area contributed by atoms with E-state index in [1.807, 2.05) is 0 Å². The van der Waals surface area contributed by atoms with Crippen molar-refractivity contribution in [2.75, 3.05) is 0 Å². The molecule has 0 N–H and O–H groups in total. The Morgan fingerprint density at radius 3 is 2.69 bits per heavy atom. The van der Waals surface area contributed by atoms with Crippen molar-refractivity contribution in [3.63, 3.8) is 0 Å². The second-order valence-electron chi connectivity index (χ2n) is 3.29. The summed E-state index contributed by atoms with van der Waals surface area (Å²) in [5, 5.41) is 8.37. The number of nitrogens with zero attached hydrogens (tertiary/aromatic N) is 1. The lowest BCUT2D eigenvalue weighted by Gasteiger charge is -2.03. The molecule has 1 heteroatoms. The molecule has 0 bridgehead atoms. The Morgan fingerprint density at radius 2 is 2.00 bits per heavy atom. The van der Waals surface area contributed by atoms with Crippen LogP contribution in [-0.2, 0) is 6.42 Å². The van der Waals surface area contributed by atoms with Gasteiger partial charge in [0, 0.05) is 6.42 Å². The van der Waals surface area contributed by atoms with Crippen LogP contribution in [0.15, 0.2) is 24.3 Å². The van der Waals surface area contributed by atoms with E-state index in [9.17, 15) is 0 Å². The van der Waals surface area contributed by atoms with Crippen molar-refractivity contribution in [2.24, 2.45) is 0 Å². The van der Waals surface area contributed by atoms with Crippen LogP contribution in [0.4, 0.5) is 0 Å². The third kappa shape index (κ3) is 3.29. The standard InChI is InChI=1S/C12H15N/c1-11-7-4-5-9-12(11)8-3-2-6-10-13/h4-5,7,9H,2-3,6,8H2,1H3. The first-order valence-corrected chi connectivity index (χ1v) is 4.76. The lowest BCUT2D eigenvalue weighted by atomic mass is 10.0. The highest BCUT2D eigenvalue weighted by atomic mass is 14.2. The fraction of sp³-hybridized carbons (Fsp3) is 0.417. The zero-order chi connectivity index (χ0) is 9.52. The van der Waals surface area contributed by atoms with Gasteiger partial charge in [-0.1, -0.05) is 24.3 Å². The second-order valence-corrected chi connectivity index (χ2v) is 3.29. The topological polar surface area (TPSA) is 23.8 Å². The summed E-state index contributed by atoms with van der Waals surface area (Å²) in [6, 6.07) is 10.6. The fourth-order valence-electron chi connectivity index (χ4n) is 1.41. The summed E-state index contributed by atoms with van der Waals surface area (Å²) in [6.45, 7) is 2.14. The molecule has 0 saturated heterocycles. The Labute approximate surface area is 80.0 Å². The van der Waals surface area contributed by atoms with E-state index in [-0.39, 0.29) is 0 Å². The summed E-state index contributed by atoms with van der Waals surface area (Å²) in [5.41, 5.74) is 2.78. The van der Waals surface area contributed by atoms with Crippen molar-refractivity contribution >= 4 is 0 Å². The molecule has 0 spiro atoms. The van der Waals surface area contributed by atoms with Gasteiger partial charge in [-0.15, -0.1) is 0 Å². The van der Waals surface area contributed by atoms with E-state index in [0.29, 0.717) is 6.42 Å². The predicted molar refractivity (Wildman–Crippen MR) is 54.3 cm³/mol. The molecule has 0 fully saturated rings. The highest BCUT2D eigenvalue weighted by Gasteiger charge is 1.95. The van der Waals surface area contributed by atoms with Crippen molar-refractivity contribution in [3.05, 3.63) is 35.4 Å². The Hall–Kier alpha value is -1.29. The van der Waals surface area contributed by atoms with Gasteiger partial charge in [-0.2, -0.15) is 5.26 Å². The maximum atomic E-state index is 8.37. The smallest absolute Gasteiger partial charge is 0.0621 e. The molecule has 68 valence electrons. The second kappa shape index (κ2) is 5.37.